The first-order chi connectivity index (χ1) is 3.31. The predicted molar refractivity (Wildman–Crippen MR) is 27.1 cm³/mol. The molecule has 40 valence electrons. The zero-order chi connectivity index (χ0) is 5.70. The maximum absolute atomic E-state index is 9.58. The van der Waals surface area contributed by atoms with Gasteiger partial charge in [-0.3, -0.25) is 4.79 Å². The van der Waals surface area contributed by atoms with E-state index in [1.165, 1.54) is 6.08 Å². The van der Waals surface area contributed by atoms with Crippen molar-refractivity contribution < 1.29 is 9.90 Å². The molecule has 0 amide bonds. The molecule has 2 heteroatoms. The Morgan fingerprint density at radius 3 is 2.57 bits per heavy atom. The minimum absolute atomic E-state index is 0.178. The third-order valence-electron chi connectivity index (χ3n) is 0.534. The number of aldehydes is 1. The molecule has 0 saturated carbocycles. The van der Waals surface area contributed by atoms with E-state index in [9.17, 15) is 4.79 Å². The van der Waals surface area contributed by atoms with E-state index < -0.39 is 0 Å². The van der Waals surface area contributed by atoms with Gasteiger partial charge < -0.3 is 5.11 Å². The number of hydrogen-bond donors (Lipinski definition) is 1. The van der Waals surface area contributed by atoms with Gasteiger partial charge in [0.2, 0.25) is 0 Å². The minimum Gasteiger partial charge on any atom is -0.505 e. The molecule has 0 rings (SSSR count). The fourth-order valence-electron chi connectivity index (χ4n) is 0.257. The van der Waals surface area contributed by atoms with Gasteiger partial charge in [-0.2, -0.15) is 0 Å². The van der Waals surface area contributed by atoms with Crippen molar-refractivity contribution in [2.45, 2.75) is 13.3 Å². The van der Waals surface area contributed by atoms with Crippen molar-refractivity contribution in [1.82, 2.24) is 0 Å². The lowest BCUT2D eigenvalue weighted by Crippen LogP contribution is -1.77. The van der Waals surface area contributed by atoms with Crippen LogP contribution in [-0.2, 0) is 4.79 Å². The smallest absolute Gasteiger partial charge is 0.184 e. The van der Waals surface area contributed by atoms with Crippen molar-refractivity contribution in [2.75, 3.05) is 0 Å². The minimum atomic E-state index is -0.178. The number of aliphatic hydroxyl groups excluding tert-OH is 1. The fourth-order valence-corrected chi connectivity index (χ4v) is 0.257. The topological polar surface area (TPSA) is 37.3 Å². The summed E-state index contributed by atoms with van der Waals surface area (Å²) in [4.78, 5) is 9.58. The van der Waals surface area contributed by atoms with Gasteiger partial charge in [0.1, 0.15) is 0 Å². The highest BCUT2D eigenvalue weighted by Gasteiger charge is 1.79. The highest BCUT2D eigenvalue weighted by atomic mass is 16.3. The molecule has 0 fully saturated rings. The maximum Gasteiger partial charge on any atom is 0.184 e. The van der Waals surface area contributed by atoms with E-state index in [0.717, 1.165) is 0 Å². The van der Waals surface area contributed by atoms with Crippen LogP contribution >= 0.6 is 0 Å². The van der Waals surface area contributed by atoms with Crippen LogP contribution in [0.15, 0.2) is 11.8 Å². The zero-order valence-electron chi connectivity index (χ0n) is 4.22. The SMILES string of the molecule is CC/C=C(\O)C=O. The second-order valence-corrected chi connectivity index (χ2v) is 1.16. The number of carbonyl (C=O) groups is 1. The van der Waals surface area contributed by atoms with Crippen molar-refractivity contribution in [2.24, 2.45) is 0 Å². The molecular formula is C5H8O2. The van der Waals surface area contributed by atoms with Gasteiger partial charge in [-0.25, -0.2) is 0 Å². The highest BCUT2D eigenvalue weighted by molar-refractivity contribution is 5.69. The van der Waals surface area contributed by atoms with Gasteiger partial charge in [0.05, 0.1) is 0 Å². The first-order valence-electron chi connectivity index (χ1n) is 2.15. The van der Waals surface area contributed by atoms with Gasteiger partial charge in [0.25, 0.3) is 0 Å². The Balaban J connectivity index is 3.49. The number of hydrogen-bond acceptors (Lipinski definition) is 2. The van der Waals surface area contributed by atoms with Crippen LogP contribution in [-0.4, -0.2) is 11.4 Å². The van der Waals surface area contributed by atoms with Gasteiger partial charge in [-0.05, 0) is 12.5 Å². The summed E-state index contributed by atoms with van der Waals surface area (Å²) < 4.78 is 0. The summed E-state index contributed by atoms with van der Waals surface area (Å²) in [5.74, 6) is -0.178. The molecule has 0 radical (unpaired) electrons. The Morgan fingerprint density at radius 2 is 2.43 bits per heavy atom. The van der Waals surface area contributed by atoms with Crippen LogP contribution in [0, 0.1) is 0 Å². The molecule has 0 aromatic rings. The second kappa shape index (κ2) is 3.40. The number of rotatable bonds is 2. The van der Waals surface area contributed by atoms with Crippen LogP contribution in [0.5, 0.6) is 0 Å². The van der Waals surface area contributed by atoms with Crippen LogP contribution in [0.2, 0.25) is 0 Å². The summed E-state index contributed by atoms with van der Waals surface area (Å²) >= 11 is 0. The molecule has 0 aromatic carbocycles. The molecule has 0 aliphatic heterocycles. The van der Waals surface area contributed by atoms with Gasteiger partial charge in [-0.15, -0.1) is 0 Å². The Morgan fingerprint density at radius 1 is 1.86 bits per heavy atom. The van der Waals surface area contributed by atoms with E-state index in [1.807, 2.05) is 6.92 Å². The molecule has 0 aliphatic rings. The predicted octanol–water partition coefficient (Wildman–Crippen LogP) is 1.04. The monoisotopic (exact) mass is 100 g/mol. The molecule has 0 heterocycles. The molecule has 0 aromatic heterocycles. The van der Waals surface area contributed by atoms with Crippen molar-refractivity contribution in [1.29, 1.82) is 0 Å². The van der Waals surface area contributed by atoms with Crippen molar-refractivity contribution >= 4 is 6.29 Å². The van der Waals surface area contributed by atoms with E-state index in [-0.39, 0.29) is 5.76 Å². The van der Waals surface area contributed by atoms with Gasteiger partial charge >= 0.3 is 0 Å². The van der Waals surface area contributed by atoms with Crippen LogP contribution in [0.25, 0.3) is 0 Å². The normalized spacial score (nSPS) is 11.3. The standard InChI is InChI=1S/C5H8O2/c1-2-3-5(7)4-6/h3-4,7H,2H2,1H3/b5-3-. The molecule has 0 unspecified atom stereocenters. The zero-order valence-corrected chi connectivity index (χ0v) is 4.22. The summed E-state index contributed by atoms with van der Waals surface area (Å²) in [6.45, 7) is 1.85. The Kier molecular flexibility index (Phi) is 3.02. The number of allylic oxidation sites excluding steroid dienone is 2. The van der Waals surface area contributed by atoms with Crippen LogP contribution in [0.3, 0.4) is 0 Å². The van der Waals surface area contributed by atoms with Crippen molar-refractivity contribution in [3.63, 3.8) is 0 Å². The van der Waals surface area contributed by atoms with E-state index in [2.05, 4.69) is 0 Å². The second-order valence-electron chi connectivity index (χ2n) is 1.16. The molecule has 0 bridgehead atoms. The summed E-state index contributed by atoms with van der Waals surface area (Å²) in [5.41, 5.74) is 0. The summed E-state index contributed by atoms with van der Waals surface area (Å²) in [7, 11) is 0. The van der Waals surface area contributed by atoms with E-state index >= 15 is 0 Å². The molecule has 2 nitrogen and oxygen atoms in total. The Labute approximate surface area is 42.5 Å². The number of carbonyl (C=O) groups excluding carboxylic acids is 1. The summed E-state index contributed by atoms with van der Waals surface area (Å²) in [5, 5.41) is 8.35. The Bertz CT molecular complexity index is 84.1. The Hall–Kier alpha value is -0.790. The molecule has 1 N–H and O–H groups in total. The average molecular weight is 100 g/mol. The van der Waals surface area contributed by atoms with Gasteiger partial charge in [-0.1, -0.05) is 6.92 Å². The van der Waals surface area contributed by atoms with Crippen LogP contribution < -0.4 is 0 Å². The largest absolute Gasteiger partial charge is 0.505 e. The lowest BCUT2D eigenvalue weighted by molar-refractivity contribution is -0.107. The van der Waals surface area contributed by atoms with E-state index in [4.69, 9.17) is 5.11 Å². The molecule has 0 aliphatic carbocycles. The lowest BCUT2D eigenvalue weighted by atomic mass is 10.4. The van der Waals surface area contributed by atoms with E-state index in [0.29, 0.717) is 12.7 Å². The highest BCUT2D eigenvalue weighted by Crippen LogP contribution is 1.83. The first-order valence-corrected chi connectivity index (χ1v) is 2.15. The molecule has 0 spiro atoms. The van der Waals surface area contributed by atoms with E-state index in [1.54, 1.807) is 0 Å². The quantitative estimate of drug-likeness (QED) is 0.320. The van der Waals surface area contributed by atoms with Gasteiger partial charge in [0.15, 0.2) is 12.0 Å². The molecule has 0 atom stereocenters. The van der Waals surface area contributed by atoms with Crippen molar-refractivity contribution in [3.8, 4) is 0 Å². The number of aliphatic hydroxyl groups is 1. The van der Waals surface area contributed by atoms with Crippen LogP contribution in [0.1, 0.15) is 13.3 Å². The summed E-state index contributed by atoms with van der Waals surface area (Å²) in [6.07, 6.45) is 2.57. The third kappa shape index (κ3) is 3.03. The molecule has 0 saturated heterocycles. The van der Waals surface area contributed by atoms with Crippen molar-refractivity contribution in [3.05, 3.63) is 11.8 Å². The first kappa shape index (κ1) is 6.21. The van der Waals surface area contributed by atoms with Crippen LogP contribution in [0.4, 0.5) is 0 Å². The molecule has 7 heavy (non-hydrogen) atoms. The molecular weight excluding hydrogens is 92.1 g/mol. The lowest BCUT2D eigenvalue weighted by Gasteiger charge is -1.79. The maximum atomic E-state index is 9.58. The average Bonchev–Trinajstić information content (AvgIpc) is 1.68. The summed E-state index contributed by atoms with van der Waals surface area (Å²) in [6, 6.07) is 0. The van der Waals surface area contributed by atoms with Gasteiger partial charge in [0, 0.05) is 0 Å². The fraction of sp³-hybridized carbons (Fsp3) is 0.400. The third-order valence-corrected chi connectivity index (χ3v) is 0.534.